The van der Waals surface area contributed by atoms with Crippen molar-refractivity contribution in [1.29, 1.82) is 0 Å². The normalized spacial score (nSPS) is 15.5. The van der Waals surface area contributed by atoms with E-state index in [1.807, 2.05) is 0 Å². The number of rotatable bonds is 0. The summed E-state index contributed by atoms with van der Waals surface area (Å²) in [6.45, 7) is 0. The minimum absolute atomic E-state index is 0.106. The van der Waals surface area contributed by atoms with E-state index in [2.05, 4.69) is 0 Å². The number of phenolic OH excluding ortho intramolecular Hbond substituents is 2. The van der Waals surface area contributed by atoms with Crippen LogP contribution in [-0.4, -0.2) is 10.2 Å². The summed E-state index contributed by atoms with van der Waals surface area (Å²) in [6.07, 6.45) is 4.09. The summed E-state index contributed by atoms with van der Waals surface area (Å²) in [5.74, 6) is -0.284. The Morgan fingerprint density at radius 3 is 2.62 bits per heavy atom. The number of halogens is 1. The molecule has 0 aromatic heterocycles. The number of benzene rings is 1. The third-order valence-electron chi connectivity index (χ3n) is 2.54. The maximum Gasteiger partial charge on any atom is 0.176 e. The molecule has 0 heterocycles. The lowest BCUT2D eigenvalue weighted by atomic mass is 9.91. The quantitative estimate of drug-likeness (QED) is 0.630. The van der Waals surface area contributed by atoms with Crippen molar-refractivity contribution in [3.63, 3.8) is 0 Å². The Bertz CT molecular complexity index is 347. The molecule has 1 aliphatic rings. The SMILES string of the molecule is Oc1cc2c(c(Cl)c1O)CCCC2. The van der Waals surface area contributed by atoms with Gasteiger partial charge in [-0.05, 0) is 42.9 Å². The molecule has 3 heteroatoms. The summed E-state index contributed by atoms with van der Waals surface area (Å²) in [6, 6.07) is 1.62. The molecule has 0 atom stereocenters. The molecule has 2 rings (SSSR count). The molecule has 0 saturated heterocycles. The van der Waals surface area contributed by atoms with Crippen molar-refractivity contribution in [2.45, 2.75) is 25.7 Å². The fourth-order valence-electron chi connectivity index (χ4n) is 1.83. The summed E-state index contributed by atoms with van der Waals surface area (Å²) in [5, 5.41) is 19.0. The van der Waals surface area contributed by atoms with E-state index in [9.17, 15) is 10.2 Å². The van der Waals surface area contributed by atoms with Gasteiger partial charge in [0.15, 0.2) is 11.5 Å². The van der Waals surface area contributed by atoms with Crippen LogP contribution in [0.4, 0.5) is 0 Å². The summed E-state index contributed by atoms with van der Waals surface area (Å²) in [5.41, 5.74) is 2.08. The van der Waals surface area contributed by atoms with Crippen LogP contribution in [-0.2, 0) is 12.8 Å². The molecule has 2 N–H and O–H groups in total. The first-order valence-electron chi connectivity index (χ1n) is 4.42. The second-order valence-corrected chi connectivity index (χ2v) is 3.78. The molecule has 0 saturated carbocycles. The van der Waals surface area contributed by atoms with Crippen LogP contribution in [0.1, 0.15) is 24.0 Å². The minimum Gasteiger partial charge on any atom is -0.504 e. The van der Waals surface area contributed by atoms with Crippen molar-refractivity contribution < 1.29 is 10.2 Å². The zero-order valence-electron chi connectivity index (χ0n) is 7.18. The molecule has 1 aliphatic carbocycles. The fraction of sp³-hybridized carbons (Fsp3) is 0.400. The minimum atomic E-state index is -0.178. The van der Waals surface area contributed by atoms with Gasteiger partial charge in [-0.3, -0.25) is 0 Å². The second kappa shape index (κ2) is 3.11. The molecule has 0 aliphatic heterocycles. The molecule has 0 spiro atoms. The van der Waals surface area contributed by atoms with Gasteiger partial charge in [-0.25, -0.2) is 0 Å². The van der Waals surface area contributed by atoms with E-state index in [4.69, 9.17) is 11.6 Å². The largest absolute Gasteiger partial charge is 0.504 e. The van der Waals surface area contributed by atoms with Gasteiger partial charge < -0.3 is 10.2 Å². The zero-order valence-corrected chi connectivity index (χ0v) is 7.93. The lowest BCUT2D eigenvalue weighted by Gasteiger charge is -2.18. The topological polar surface area (TPSA) is 40.5 Å². The van der Waals surface area contributed by atoms with Crippen LogP contribution in [0.5, 0.6) is 11.5 Å². The van der Waals surface area contributed by atoms with Crippen LogP contribution >= 0.6 is 11.6 Å². The Balaban J connectivity index is 2.60. The third-order valence-corrected chi connectivity index (χ3v) is 2.94. The van der Waals surface area contributed by atoms with Crippen molar-refractivity contribution in [3.05, 3.63) is 22.2 Å². The van der Waals surface area contributed by atoms with Crippen molar-refractivity contribution in [2.24, 2.45) is 0 Å². The van der Waals surface area contributed by atoms with Gasteiger partial charge in [0, 0.05) is 0 Å². The average molecular weight is 199 g/mol. The maximum atomic E-state index is 9.38. The summed E-state index contributed by atoms with van der Waals surface area (Å²) < 4.78 is 0. The number of hydrogen-bond acceptors (Lipinski definition) is 2. The van der Waals surface area contributed by atoms with Crippen molar-refractivity contribution in [1.82, 2.24) is 0 Å². The van der Waals surface area contributed by atoms with E-state index in [-0.39, 0.29) is 11.5 Å². The molecule has 70 valence electrons. The predicted octanol–water partition coefficient (Wildman–Crippen LogP) is 2.63. The zero-order chi connectivity index (χ0) is 9.42. The van der Waals surface area contributed by atoms with Crippen molar-refractivity contribution in [3.8, 4) is 11.5 Å². The number of aryl methyl sites for hydroxylation is 1. The first-order valence-corrected chi connectivity index (χ1v) is 4.80. The van der Waals surface area contributed by atoms with E-state index in [1.54, 1.807) is 6.07 Å². The Labute approximate surface area is 81.8 Å². The average Bonchev–Trinajstić information content (AvgIpc) is 2.15. The highest BCUT2D eigenvalue weighted by molar-refractivity contribution is 6.33. The molecular formula is C10H11ClO2. The molecule has 0 radical (unpaired) electrons. The van der Waals surface area contributed by atoms with Crippen LogP contribution in [0.2, 0.25) is 5.02 Å². The van der Waals surface area contributed by atoms with Gasteiger partial charge >= 0.3 is 0 Å². The van der Waals surface area contributed by atoms with Gasteiger partial charge in [0.25, 0.3) is 0 Å². The highest BCUT2D eigenvalue weighted by Gasteiger charge is 2.18. The van der Waals surface area contributed by atoms with Gasteiger partial charge in [0.2, 0.25) is 0 Å². The van der Waals surface area contributed by atoms with Crippen LogP contribution in [0.25, 0.3) is 0 Å². The van der Waals surface area contributed by atoms with Gasteiger partial charge in [-0.2, -0.15) is 0 Å². The number of hydrogen-bond donors (Lipinski definition) is 2. The van der Waals surface area contributed by atoms with Gasteiger partial charge in [-0.15, -0.1) is 0 Å². The van der Waals surface area contributed by atoms with Gasteiger partial charge in [-0.1, -0.05) is 11.6 Å². The highest BCUT2D eigenvalue weighted by atomic mass is 35.5. The van der Waals surface area contributed by atoms with E-state index < -0.39 is 0 Å². The Morgan fingerprint density at radius 2 is 1.85 bits per heavy atom. The molecule has 0 unspecified atom stereocenters. The second-order valence-electron chi connectivity index (χ2n) is 3.40. The smallest absolute Gasteiger partial charge is 0.176 e. The number of phenols is 2. The molecule has 0 fully saturated rings. The number of fused-ring (bicyclic) bond motifs is 1. The molecular weight excluding hydrogens is 188 g/mol. The van der Waals surface area contributed by atoms with Crippen molar-refractivity contribution in [2.75, 3.05) is 0 Å². The molecule has 0 bridgehead atoms. The van der Waals surface area contributed by atoms with Crippen LogP contribution in [0.15, 0.2) is 6.07 Å². The molecule has 0 amide bonds. The predicted molar refractivity (Wildman–Crippen MR) is 51.4 cm³/mol. The molecule has 1 aromatic carbocycles. The van der Waals surface area contributed by atoms with E-state index in [0.717, 1.165) is 36.8 Å². The summed E-state index contributed by atoms with van der Waals surface area (Å²) in [7, 11) is 0. The number of aromatic hydroxyl groups is 2. The van der Waals surface area contributed by atoms with E-state index in [0.29, 0.717) is 5.02 Å². The maximum absolute atomic E-state index is 9.38. The summed E-state index contributed by atoms with van der Waals surface area (Å²) in [4.78, 5) is 0. The van der Waals surface area contributed by atoms with Gasteiger partial charge in [0.05, 0.1) is 5.02 Å². The molecule has 2 nitrogen and oxygen atoms in total. The van der Waals surface area contributed by atoms with Crippen molar-refractivity contribution >= 4 is 11.6 Å². The van der Waals surface area contributed by atoms with Crippen LogP contribution < -0.4 is 0 Å². The van der Waals surface area contributed by atoms with Gasteiger partial charge in [0.1, 0.15) is 0 Å². The molecule has 13 heavy (non-hydrogen) atoms. The van der Waals surface area contributed by atoms with Crippen LogP contribution in [0, 0.1) is 0 Å². The lowest BCUT2D eigenvalue weighted by Crippen LogP contribution is -2.03. The summed E-state index contributed by atoms with van der Waals surface area (Å²) >= 11 is 5.91. The highest BCUT2D eigenvalue weighted by Crippen LogP contribution is 2.40. The Hall–Kier alpha value is -0.890. The standard InChI is InChI=1S/C10H11ClO2/c11-9-7-4-2-1-3-6(7)5-8(12)10(9)13/h5,12-13H,1-4H2. The Morgan fingerprint density at radius 1 is 1.15 bits per heavy atom. The molecule has 1 aromatic rings. The monoisotopic (exact) mass is 198 g/mol. The van der Waals surface area contributed by atoms with Crippen LogP contribution in [0.3, 0.4) is 0 Å². The first-order chi connectivity index (χ1) is 6.20. The van der Waals surface area contributed by atoms with E-state index in [1.165, 1.54) is 0 Å². The fourth-order valence-corrected chi connectivity index (χ4v) is 2.14. The lowest BCUT2D eigenvalue weighted by molar-refractivity contribution is 0.402. The Kier molecular flexibility index (Phi) is 2.08. The van der Waals surface area contributed by atoms with E-state index >= 15 is 0 Å². The third kappa shape index (κ3) is 1.35. The first kappa shape index (κ1) is 8.70.